The summed E-state index contributed by atoms with van der Waals surface area (Å²) in [6.45, 7) is 3.83. The van der Waals surface area contributed by atoms with Crippen LogP contribution in [-0.2, 0) is 11.3 Å². The molecule has 0 heterocycles. The Balaban J connectivity index is 2.02. The van der Waals surface area contributed by atoms with Gasteiger partial charge in [-0.3, -0.25) is 0 Å². The second-order valence-corrected chi connectivity index (χ2v) is 6.10. The van der Waals surface area contributed by atoms with E-state index in [0.717, 1.165) is 11.1 Å². The quantitative estimate of drug-likeness (QED) is 0.641. The number of para-hydroxylation sites is 1. The van der Waals surface area contributed by atoms with E-state index in [2.05, 4.69) is 11.9 Å². The van der Waals surface area contributed by atoms with Crippen LogP contribution >= 0.6 is 23.2 Å². The van der Waals surface area contributed by atoms with Crippen molar-refractivity contribution in [1.82, 2.24) is 5.32 Å². The molecule has 2 aromatic carbocycles. The maximum Gasteiger partial charge on any atom is 0.407 e. The van der Waals surface area contributed by atoms with Gasteiger partial charge in [0.05, 0.1) is 23.2 Å². The number of benzene rings is 2. The van der Waals surface area contributed by atoms with E-state index >= 15 is 0 Å². The summed E-state index contributed by atoms with van der Waals surface area (Å²) >= 11 is 12.0. The van der Waals surface area contributed by atoms with Crippen molar-refractivity contribution in [2.45, 2.75) is 19.1 Å². The monoisotopic (exact) mass is 379 g/mol. The second-order valence-electron chi connectivity index (χ2n) is 5.28. The van der Waals surface area contributed by atoms with Crippen LogP contribution in [0.4, 0.5) is 4.79 Å². The van der Waals surface area contributed by atoms with Crippen LogP contribution in [0.15, 0.2) is 55.1 Å². The maximum atomic E-state index is 12.2. The number of halogens is 2. The van der Waals surface area contributed by atoms with E-state index in [4.69, 9.17) is 32.7 Å². The summed E-state index contributed by atoms with van der Waals surface area (Å²) in [5, 5.41) is 3.70. The van der Waals surface area contributed by atoms with Crippen LogP contribution in [0, 0.1) is 0 Å². The minimum atomic E-state index is -0.538. The zero-order valence-electron chi connectivity index (χ0n) is 13.8. The zero-order chi connectivity index (χ0) is 18.2. The van der Waals surface area contributed by atoms with E-state index in [1.54, 1.807) is 25.3 Å². The van der Waals surface area contributed by atoms with E-state index in [-0.39, 0.29) is 12.6 Å². The third-order valence-electron chi connectivity index (χ3n) is 3.59. The van der Waals surface area contributed by atoms with Crippen molar-refractivity contribution < 1.29 is 14.3 Å². The highest BCUT2D eigenvalue weighted by atomic mass is 35.5. The first-order valence-electron chi connectivity index (χ1n) is 7.66. The lowest BCUT2D eigenvalue weighted by atomic mass is 10.0. The van der Waals surface area contributed by atoms with Gasteiger partial charge in [0.15, 0.2) is 0 Å². The van der Waals surface area contributed by atoms with Crippen molar-refractivity contribution in [1.29, 1.82) is 0 Å². The molecule has 0 saturated carbocycles. The van der Waals surface area contributed by atoms with Crippen molar-refractivity contribution in [3.63, 3.8) is 0 Å². The van der Waals surface area contributed by atoms with Crippen LogP contribution in [0.5, 0.6) is 5.75 Å². The lowest BCUT2D eigenvalue weighted by Gasteiger charge is -2.18. The Hall–Kier alpha value is -2.17. The molecule has 2 aromatic rings. The molecule has 0 bridgehead atoms. The Morgan fingerprint density at radius 2 is 2.00 bits per heavy atom. The highest BCUT2D eigenvalue weighted by Gasteiger charge is 2.16. The number of carbonyl (C=O) groups is 1. The van der Waals surface area contributed by atoms with Crippen molar-refractivity contribution in [3.8, 4) is 5.75 Å². The first-order chi connectivity index (χ1) is 12.0. The summed E-state index contributed by atoms with van der Waals surface area (Å²) in [4.78, 5) is 12.2. The Morgan fingerprint density at radius 3 is 2.68 bits per heavy atom. The molecule has 25 heavy (non-hydrogen) atoms. The van der Waals surface area contributed by atoms with Crippen molar-refractivity contribution in [2.24, 2.45) is 0 Å². The van der Waals surface area contributed by atoms with Crippen molar-refractivity contribution >= 4 is 29.3 Å². The van der Waals surface area contributed by atoms with Crippen LogP contribution in [0.2, 0.25) is 10.0 Å². The molecule has 0 aliphatic rings. The van der Waals surface area contributed by atoms with E-state index in [1.807, 2.05) is 30.3 Å². The summed E-state index contributed by atoms with van der Waals surface area (Å²) in [6, 6.07) is 12.3. The number of hydrogen-bond acceptors (Lipinski definition) is 3. The molecular formula is C19H19Cl2NO3. The molecule has 1 unspecified atom stereocenters. The molecule has 4 nitrogen and oxygen atoms in total. The van der Waals surface area contributed by atoms with Gasteiger partial charge in [-0.05, 0) is 30.2 Å². The van der Waals surface area contributed by atoms with Gasteiger partial charge in [0, 0.05) is 5.56 Å². The van der Waals surface area contributed by atoms with Gasteiger partial charge in [-0.2, -0.15) is 0 Å². The van der Waals surface area contributed by atoms with E-state index in [1.165, 1.54) is 0 Å². The number of nitrogens with one attached hydrogen (secondary N) is 1. The lowest BCUT2D eigenvalue weighted by Crippen LogP contribution is -2.28. The van der Waals surface area contributed by atoms with Gasteiger partial charge in [-0.1, -0.05) is 53.5 Å². The summed E-state index contributed by atoms with van der Waals surface area (Å²) in [7, 11) is 1.57. The summed E-state index contributed by atoms with van der Waals surface area (Å²) in [6.07, 6.45) is 1.71. The van der Waals surface area contributed by atoms with Gasteiger partial charge >= 0.3 is 6.09 Å². The van der Waals surface area contributed by atoms with E-state index in [9.17, 15) is 4.79 Å². The molecule has 0 radical (unpaired) electrons. The van der Waals surface area contributed by atoms with Gasteiger partial charge in [0.2, 0.25) is 0 Å². The highest BCUT2D eigenvalue weighted by Crippen LogP contribution is 2.27. The molecule has 132 valence electrons. The van der Waals surface area contributed by atoms with Gasteiger partial charge in [-0.25, -0.2) is 4.79 Å². The smallest absolute Gasteiger partial charge is 0.407 e. The van der Waals surface area contributed by atoms with Crippen LogP contribution in [0.1, 0.15) is 23.6 Å². The molecule has 1 atom stereocenters. The third kappa shape index (κ3) is 5.41. The highest BCUT2D eigenvalue weighted by molar-refractivity contribution is 6.42. The summed E-state index contributed by atoms with van der Waals surface area (Å²) < 4.78 is 10.5. The number of ether oxygens (including phenoxy) is 2. The number of hydrogen-bond donors (Lipinski definition) is 1. The summed E-state index contributed by atoms with van der Waals surface area (Å²) in [5.74, 6) is 0.669. The van der Waals surface area contributed by atoms with Crippen LogP contribution < -0.4 is 10.1 Å². The molecule has 0 fully saturated rings. The predicted octanol–water partition coefficient (Wildman–Crippen LogP) is 5.55. The SMILES string of the molecule is C=CCC(NC(=O)OCc1ccccc1OC)c1ccc(Cl)c(Cl)c1. The fourth-order valence-electron chi connectivity index (χ4n) is 2.32. The number of methoxy groups -OCH3 is 1. The number of carbonyl (C=O) groups excluding carboxylic acids is 1. The van der Waals surface area contributed by atoms with Gasteiger partial charge in [-0.15, -0.1) is 6.58 Å². The Labute approximate surface area is 157 Å². The van der Waals surface area contributed by atoms with Crippen molar-refractivity contribution in [3.05, 3.63) is 76.3 Å². The first kappa shape index (κ1) is 19.2. The Kier molecular flexibility index (Phi) is 7.16. The number of amides is 1. The number of rotatable bonds is 7. The fraction of sp³-hybridized carbons (Fsp3) is 0.211. The topological polar surface area (TPSA) is 47.6 Å². The standard InChI is InChI=1S/C19H19Cl2NO3/c1-3-6-17(13-9-10-15(20)16(21)11-13)22-19(23)25-12-14-7-4-5-8-18(14)24-2/h3-5,7-11,17H,1,6,12H2,2H3,(H,22,23). The van der Waals surface area contributed by atoms with Gasteiger partial charge < -0.3 is 14.8 Å². The molecule has 0 aromatic heterocycles. The molecule has 0 aliphatic heterocycles. The Morgan fingerprint density at radius 1 is 1.24 bits per heavy atom. The minimum absolute atomic E-state index is 0.109. The van der Waals surface area contributed by atoms with Crippen LogP contribution in [-0.4, -0.2) is 13.2 Å². The average Bonchev–Trinajstić information content (AvgIpc) is 2.62. The normalized spacial score (nSPS) is 11.5. The minimum Gasteiger partial charge on any atom is -0.496 e. The molecule has 0 aliphatic carbocycles. The van der Waals surface area contributed by atoms with E-state index < -0.39 is 6.09 Å². The van der Waals surface area contributed by atoms with Gasteiger partial charge in [0.25, 0.3) is 0 Å². The zero-order valence-corrected chi connectivity index (χ0v) is 15.3. The van der Waals surface area contributed by atoms with Crippen LogP contribution in [0.25, 0.3) is 0 Å². The molecule has 1 N–H and O–H groups in total. The second kappa shape index (κ2) is 9.35. The summed E-state index contributed by atoms with van der Waals surface area (Å²) in [5.41, 5.74) is 1.61. The molecule has 1 amide bonds. The van der Waals surface area contributed by atoms with E-state index in [0.29, 0.717) is 22.2 Å². The molecule has 2 rings (SSSR count). The maximum absolute atomic E-state index is 12.2. The molecule has 6 heteroatoms. The number of alkyl carbamates (subject to hydrolysis) is 1. The van der Waals surface area contributed by atoms with Crippen LogP contribution in [0.3, 0.4) is 0 Å². The first-order valence-corrected chi connectivity index (χ1v) is 8.41. The average molecular weight is 380 g/mol. The lowest BCUT2D eigenvalue weighted by molar-refractivity contribution is 0.134. The van der Waals surface area contributed by atoms with Crippen molar-refractivity contribution in [2.75, 3.05) is 7.11 Å². The Bertz CT molecular complexity index is 749. The van der Waals surface area contributed by atoms with Gasteiger partial charge in [0.1, 0.15) is 12.4 Å². The molecule has 0 spiro atoms. The molecular weight excluding hydrogens is 361 g/mol. The molecule has 0 saturated heterocycles. The third-order valence-corrected chi connectivity index (χ3v) is 4.33. The largest absolute Gasteiger partial charge is 0.496 e. The fourth-order valence-corrected chi connectivity index (χ4v) is 2.63. The predicted molar refractivity (Wildman–Crippen MR) is 100 cm³/mol.